The van der Waals surface area contributed by atoms with Gasteiger partial charge in [-0.1, -0.05) is 25.1 Å². The Balaban J connectivity index is 2.26. The van der Waals surface area contributed by atoms with E-state index in [-0.39, 0.29) is 0 Å². The molecule has 0 aliphatic heterocycles. The van der Waals surface area contributed by atoms with Gasteiger partial charge in [-0.2, -0.15) is 5.10 Å². The summed E-state index contributed by atoms with van der Waals surface area (Å²) in [7, 11) is 1.83. The molecule has 1 aromatic carbocycles. The number of rotatable bonds is 4. The van der Waals surface area contributed by atoms with Gasteiger partial charge >= 0.3 is 0 Å². The number of ether oxygens (including phenoxy) is 1. The highest BCUT2D eigenvalue weighted by Gasteiger charge is 2.12. The molecule has 0 fully saturated rings. The summed E-state index contributed by atoms with van der Waals surface area (Å²) < 4.78 is 7.38. The van der Waals surface area contributed by atoms with Gasteiger partial charge in [-0.25, -0.2) is 0 Å². The Morgan fingerprint density at radius 2 is 2.18 bits per heavy atom. The van der Waals surface area contributed by atoms with E-state index in [0.717, 1.165) is 5.56 Å². The van der Waals surface area contributed by atoms with Gasteiger partial charge in [0.2, 0.25) is 0 Å². The fourth-order valence-electron chi connectivity index (χ4n) is 1.65. The van der Waals surface area contributed by atoms with Crippen molar-refractivity contribution in [1.82, 2.24) is 9.78 Å². The quantitative estimate of drug-likeness (QED) is 0.881. The van der Waals surface area contributed by atoms with Crippen molar-refractivity contribution in [2.45, 2.75) is 19.4 Å². The third kappa shape index (κ3) is 2.65. The number of para-hydroxylation sites is 1. The Labute approximate surface area is 100 Å². The molecule has 0 bridgehead atoms. The summed E-state index contributed by atoms with van der Waals surface area (Å²) in [5.41, 5.74) is 0.804. The van der Waals surface area contributed by atoms with Crippen molar-refractivity contribution < 1.29 is 9.84 Å². The maximum absolute atomic E-state index is 9.89. The van der Waals surface area contributed by atoms with Crippen LogP contribution >= 0.6 is 0 Å². The zero-order valence-electron chi connectivity index (χ0n) is 10.00. The maximum Gasteiger partial charge on any atom is 0.165 e. The lowest BCUT2D eigenvalue weighted by atomic mass is 10.1. The van der Waals surface area contributed by atoms with Gasteiger partial charge in [0.05, 0.1) is 18.5 Å². The molecule has 0 amide bonds. The van der Waals surface area contributed by atoms with E-state index in [1.807, 2.05) is 38.2 Å². The zero-order chi connectivity index (χ0) is 12.3. The summed E-state index contributed by atoms with van der Waals surface area (Å²) >= 11 is 0. The van der Waals surface area contributed by atoms with Gasteiger partial charge < -0.3 is 9.84 Å². The molecule has 0 saturated heterocycles. The third-order valence-electron chi connectivity index (χ3n) is 2.57. The SMILES string of the molecule is CC[C@H](O)c1ccccc1Oc1cnn(C)c1. The first-order chi connectivity index (χ1) is 8.20. The van der Waals surface area contributed by atoms with Crippen LogP contribution < -0.4 is 4.74 Å². The number of aliphatic hydroxyl groups excluding tert-OH is 1. The van der Waals surface area contributed by atoms with E-state index in [1.165, 1.54) is 0 Å². The molecule has 1 heterocycles. The lowest BCUT2D eigenvalue weighted by Gasteiger charge is -2.13. The van der Waals surface area contributed by atoms with Crippen molar-refractivity contribution >= 4 is 0 Å². The number of hydrogen-bond acceptors (Lipinski definition) is 3. The van der Waals surface area contributed by atoms with Crippen molar-refractivity contribution in [3.8, 4) is 11.5 Å². The topological polar surface area (TPSA) is 47.3 Å². The molecule has 0 unspecified atom stereocenters. The zero-order valence-corrected chi connectivity index (χ0v) is 10.00. The fourth-order valence-corrected chi connectivity index (χ4v) is 1.65. The lowest BCUT2D eigenvalue weighted by molar-refractivity contribution is 0.170. The van der Waals surface area contributed by atoms with Crippen LogP contribution in [0.5, 0.6) is 11.5 Å². The molecule has 4 heteroatoms. The summed E-state index contributed by atoms with van der Waals surface area (Å²) in [4.78, 5) is 0. The van der Waals surface area contributed by atoms with Crippen LogP contribution in [-0.2, 0) is 7.05 Å². The summed E-state index contributed by atoms with van der Waals surface area (Å²) in [6, 6.07) is 7.50. The maximum atomic E-state index is 9.89. The van der Waals surface area contributed by atoms with Gasteiger partial charge in [0, 0.05) is 12.6 Å². The van der Waals surface area contributed by atoms with Crippen LogP contribution in [0.15, 0.2) is 36.7 Å². The highest BCUT2D eigenvalue weighted by molar-refractivity contribution is 5.38. The van der Waals surface area contributed by atoms with Crippen molar-refractivity contribution in [2.75, 3.05) is 0 Å². The molecule has 0 aliphatic rings. The third-order valence-corrected chi connectivity index (χ3v) is 2.57. The monoisotopic (exact) mass is 232 g/mol. The average molecular weight is 232 g/mol. The molecule has 0 spiro atoms. The number of benzene rings is 1. The molecule has 90 valence electrons. The minimum atomic E-state index is -0.497. The Morgan fingerprint density at radius 1 is 1.41 bits per heavy atom. The predicted molar refractivity (Wildman–Crippen MR) is 65.0 cm³/mol. The first-order valence-electron chi connectivity index (χ1n) is 5.64. The summed E-state index contributed by atoms with van der Waals surface area (Å²) in [5.74, 6) is 1.35. The van der Waals surface area contributed by atoms with Crippen LogP contribution in [0.4, 0.5) is 0 Å². The second-order valence-electron chi connectivity index (χ2n) is 3.91. The summed E-state index contributed by atoms with van der Waals surface area (Å²) in [6.07, 6.45) is 3.60. The van der Waals surface area contributed by atoms with Gasteiger partial charge in [-0.05, 0) is 12.5 Å². The molecule has 1 aromatic heterocycles. The second-order valence-corrected chi connectivity index (χ2v) is 3.91. The Morgan fingerprint density at radius 3 is 2.82 bits per heavy atom. The average Bonchev–Trinajstić information content (AvgIpc) is 2.74. The fraction of sp³-hybridized carbons (Fsp3) is 0.308. The van der Waals surface area contributed by atoms with E-state index in [9.17, 15) is 5.11 Å². The lowest BCUT2D eigenvalue weighted by Crippen LogP contribution is -1.98. The number of aryl methyl sites for hydroxylation is 1. The molecular formula is C13H16N2O2. The van der Waals surface area contributed by atoms with Crippen LogP contribution in [0.1, 0.15) is 25.0 Å². The Kier molecular flexibility index (Phi) is 3.44. The van der Waals surface area contributed by atoms with Crippen LogP contribution in [0, 0.1) is 0 Å². The molecule has 17 heavy (non-hydrogen) atoms. The standard InChI is InChI=1S/C13H16N2O2/c1-3-12(16)11-6-4-5-7-13(11)17-10-8-14-15(2)9-10/h4-9,12,16H,3H2,1-2H3/t12-/m0/s1. The smallest absolute Gasteiger partial charge is 0.165 e. The molecule has 2 rings (SSSR count). The van der Waals surface area contributed by atoms with E-state index in [4.69, 9.17) is 4.74 Å². The Hall–Kier alpha value is -1.81. The van der Waals surface area contributed by atoms with Crippen molar-refractivity contribution in [2.24, 2.45) is 7.05 Å². The largest absolute Gasteiger partial charge is 0.454 e. The Bertz CT molecular complexity index is 494. The molecule has 1 N–H and O–H groups in total. The highest BCUT2D eigenvalue weighted by Crippen LogP contribution is 2.30. The summed E-state index contributed by atoms with van der Waals surface area (Å²) in [5, 5.41) is 13.9. The molecule has 0 aliphatic carbocycles. The number of aliphatic hydroxyl groups is 1. The van der Waals surface area contributed by atoms with Gasteiger partial charge in [0.15, 0.2) is 5.75 Å². The number of aromatic nitrogens is 2. The van der Waals surface area contributed by atoms with Crippen LogP contribution in [0.2, 0.25) is 0 Å². The second kappa shape index (κ2) is 5.01. The van der Waals surface area contributed by atoms with Crippen molar-refractivity contribution in [1.29, 1.82) is 0 Å². The molecule has 0 saturated carbocycles. The van der Waals surface area contributed by atoms with Crippen LogP contribution in [-0.4, -0.2) is 14.9 Å². The number of nitrogens with zero attached hydrogens (tertiary/aromatic N) is 2. The van der Waals surface area contributed by atoms with E-state index in [2.05, 4.69) is 5.10 Å². The van der Waals surface area contributed by atoms with Crippen molar-refractivity contribution in [3.63, 3.8) is 0 Å². The van der Waals surface area contributed by atoms with E-state index in [0.29, 0.717) is 17.9 Å². The van der Waals surface area contributed by atoms with Crippen LogP contribution in [0.25, 0.3) is 0 Å². The minimum Gasteiger partial charge on any atom is -0.454 e. The molecule has 1 atom stereocenters. The number of hydrogen-bond donors (Lipinski definition) is 1. The van der Waals surface area contributed by atoms with E-state index < -0.39 is 6.10 Å². The van der Waals surface area contributed by atoms with Gasteiger partial charge in [-0.3, -0.25) is 4.68 Å². The molecular weight excluding hydrogens is 216 g/mol. The van der Waals surface area contributed by atoms with E-state index in [1.54, 1.807) is 17.1 Å². The normalized spacial score (nSPS) is 12.4. The van der Waals surface area contributed by atoms with Gasteiger partial charge in [0.1, 0.15) is 5.75 Å². The van der Waals surface area contributed by atoms with Gasteiger partial charge in [-0.15, -0.1) is 0 Å². The molecule has 2 aromatic rings. The van der Waals surface area contributed by atoms with E-state index >= 15 is 0 Å². The first kappa shape index (κ1) is 11.7. The summed E-state index contributed by atoms with van der Waals surface area (Å²) in [6.45, 7) is 1.94. The highest BCUT2D eigenvalue weighted by atomic mass is 16.5. The predicted octanol–water partition coefficient (Wildman–Crippen LogP) is 2.66. The molecule has 4 nitrogen and oxygen atoms in total. The molecule has 0 radical (unpaired) electrons. The van der Waals surface area contributed by atoms with Crippen molar-refractivity contribution in [3.05, 3.63) is 42.2 Å². The van der Waals surface area contributed by atoms with Gasteiger partial charge in [0.25, 0.3) is 0 Å². The minimum absolute atomic E-state index is 0.497. The van der Waals surface area contributed by atoms with Crippen LogP contribution in [0.3, 0.4) is 0 Å². The first-order valence-corrected chi connectivity index (χ1v) is 5.64.